The third kappa shape index (κ3) is 1.77. The summed E-state index contributed by atoms with van der Waals surface area (Å²) in [5.74, 6) is 0.292. The first-order chi connectivity index (χ1) is 11.5. The summed E-state index contributed by atoms with van der Waals surface area (Å²) in [4.78, 5) is 0. The quantitative estimate of drug-likeness (QED) is 0.446. The van der Waals surface area contributed by atoms with Crippen LogP contribution in [0.25, 0.3) is 0 Å². The molecule has 140 valence electrons. The zero-order valence-corrected chi connectivity index (χ0v) is 15.3. The van der Waals surface area contributed by atoms with Gasteiger partial charge in [-0.15, -0.1) is 0 Å². The van der Waals surface area contributed by atoms with Crippen LogP contribution in [0.15, 0.2) is 23.3 Å². The minimum absolute atomic E-state index is 0.0853. The number of hydrogen-bond donors (Lipinski definition) is 5. The van der Waals surface area contributed by atoms with Crippen molar-refractivity contribution in [1.29, 1.82) is 0 Å². The standard InChI is InChI=1S/C20H30O5/c1-9-7-19-10(2)5-13-14(18(13,3)4)12(17(19)24)6-11(8-21)16(23)20(19,25)15(9)22/h6-7,10,12-17,21-25H,5,8H2,1-4H3/t10-,12-,13-,14+,15+,16-,17?,19+,20-/m0/s1. The van der Waals surface area contributed by atoms with E-state index in [1.54, 1.807) is 19.1 Å². The molecule has 0 aromatic rings. The van der Waals surface area contributed by atoms with Crippen LogP contribution in [0.3, 0.4) is 0 Å². The maximum absolute atomic E-state index is 11.6. The second-order valence-corrected chi connectivity index (χ2v) is 9.46. The van der Waals surface area contributed by atoms with E-state index >= 15 is 0 Å². The third-order valence-electron chi connectivity index (χ3n) is 8.20. The molecule has 0 saturated heterocycles. The molecule has 0 aromatic carbocycles. The monoisotopic (exact) mass is 350 g/mol. The lowest BCUT2D eigenvalue weighted by atomic mass is 9.58. The average Bonchev–Trinajstić information content (AvgIpc) is 3.05. The molecule has 4 aliphatic rings. The van der Waals surface area contributed by atoms with Crippen molar-refractivity contribution in [3.8, 4) is 0 Å². The fraction of sp³-hybridized carbons (Fsp3) is 0.800. The van der Waals surface area contributed by atoms with Crippen LogP contribution in [0.5, 0.6) is 0 Å². The number of rotatable bonds is 1. The summed E-state index contributed by atoms with van der Waals surface area (Å²) in [6, 6.07) is 0. The molecule has 0 amide bonds. The van der Waals surface area contributed by atoms with Crippen LogP contribution in [0, 0.1) is 34.5 Å². The highest BCUT2D eigenvalue weighted by Gasteiger charge is 2.75. The first-order valence-corrected chi connectivity index (χ1v) is 9.32. The molecule has 2 fully saturated rings. The average molecular weight is 350 g/mol. The highest BCUT2D eigenvalue weighted by atomic mass is 16.4. The first kappa shape index (κ1) is 17.7. The van der Waals surface area contributed by atoms with Crippen LogP contribution in [0.2, 0.25) is 0 Å². The van der Waals surface area contributed by atoms with Gasteiger partial charge in [-0.05, 0) is 47.7 Å². The lowest BCUT2D eigenvalue weighted by Crippen LogP contribution is -2.66. The van der Waals surface area contributed by atoms with E-state index in [9.17, 15) is 25.5 Å². The molecular weight excluding hydrogens is 320 g/mol. The Labute approximate surface area is 148 Å². The molecular formula is C20H30O5. The molecule has 5 nitrogen and oxygen atoms in total. The van der Waals surface area contributed by atoms with Crippen molar-refractivity contribution < 1.29 is 25.5 Å². The fourth-order valence-corrected chi connectivity index (χ4v) is 6.74. The number of hydrogen-bond acceptors (Lipinski definition) is 5. The Morgan fingerprint density at radius 2 is 1.80 bits per heavy atom. The van der Waals surface area contributed by atoms with Gasteiger partial charge in [0.2, 0.25) is 0 Å². The summed E-state index contributed by atoms with van der Waals surface area (Å²) in [5.41, 5.74) is -2.11. The smallest absolute Gasteiger partial charge is 0.136 e. The summed E-state index contributed by atoms with van der Waals surface area (Å²) in [7, 11) is 0. The Kier molecular flexibility index (Phi) is 3.51. The Bertz CT molecular complexity index is 667. The molecule has 0 radical (unpaired) electrons. The van der Waals surface area contributed by atoms with Crippen molar-refractivity contribution in [3.63, 3.8) is 0 Å². The molecule has 0 heterocycles. The van der Waals surface area contributed by atoms with E-state index in [2.05, 4.69) is 13.8 Å². The SMILES string of the molecule is CC1=C[C@@]23C(O)[C@@H](C=C(CO)[C@H](O)[C@@]2(O)[C@@H]1O)[C@@H]1[C@H](C[C@@H]3C)C1(C)C. The maximum atomic E-state index is 11.6. The third-order valence-corrected chi connectivity index (χ3v) is 8.20. The second-order valence-electron chi connectivity index (χ2n) is 9.46. The van der Waals surface area contributed by atoms with Crippen LogP contribution in [0.4, 0.5) is 0 Å². The molecule has 5 heteroatoms. The van der Waals surface area contributed by atoms with E-state index in [4.69, 9.17) is 0 Å². The Hall–Kier alpha value is -0.720. The van der Waals surface area contributed by atoms with Crippen molar-refractivity contribution in [3.05, 3.63) is 23.3 Å². The molecule has 2 saturated carbocycles. The maximum Gasteiger partial charge on any atom is 0.136 e. The van der Waals surface area contributed by atoms with E-state index in [0.29, 0.717) is 17.1 Å². The zero-order valence-electron chi connectivity index (χ0n) is 15.3. The number of aliphatic hydroxyl groups excluding tert-OH is 4. The summed E-state index contributed by atoms with van der Waals surface area (Å²) in [5, 5.41) is 54.7. The highest BCUT2D eigenvalue weighted by Crippen LogP contribution is 2.72. The van der Waals surface area contributed by atoms with Gasteiger partial charge in [0.05, 0.1) is 18.1 Å². The molecule has 1 unspecified atom stereocenters. The first-order valence-electron chi connectivity index (χ1n) is 9.32. The lowest BCUT2D eigenvalue weighted by Gasteiger charge is -2.51. The topological polar surface area (TPSA) is 101 Å². The van der Waals surface area contributed by atoms with E-state index in [1.807, 2.05) is 6.92 Å². The second kappa shape index (κ2) is 4.96. The Balaban J connectivity index is 1.98. The van der Waals surface area contributed by atoms with Gasteiger partial charge in [-0.2, -0.15) is 0 Å². The molecule has 0 aromatic heterocycles. The fourth-order valence-electron chi connectivity index (χ4n) is 6.74. The van der Waals surface area contributed by atoms with Crippen molar-refractivity contribution in [2.75, 3.05) is 6.61 Å². The van der Waals surface area contributed by atoms with Crippen LogP contribution < -0.4 is 0 Å². The minimum atomic E-state index is -1.93. The number of aliphatic hydroxyl groups is 5. The molecule has 0 aliphatic heterocycles. The predicted molar refractivity (Wildman–Crippen MR) is 92.4 cm³/mol. The Morgan fingerprint density at radius 1 is 1.16 bits per heavy atom. The van der Waals surface area contributed by atoms with Gasteiger partial charge >= 0.3 is 0 Å². The molecule has 9 atom stereocenters. The van der Waals surface area contributed by atoms with E-state index < -0.39 is 35.9 Å². The number of fused-ring (bicyclic) bond motifs is 3. The van der Waals surface area contributed by atoms with E-state index in [1.165, 1.54) is 0 Å². The van der Waals surface area contributed by atoms with Gasteiger partial charge in [-0.3, -0.25) is 0 Å². The molecule has 1 spiro atoms. The largest absolute Gasteiger partial charge is 0.392 e. The van der Waals surface area contributed by atoms with Crippen LogP contribution in [-0.4, -0.2) is 56.1 Å². The van der Waals surface area contributed by atoms with Crippen LogP contribution in [-0.2, 0) is 0 Å². The molecule has 5 N–H and O–H groups in total. The minimum Gasteiger partial charge on any atom is -0.392 e. The summed E-state index contributed by atoms with van der Waals surface area (Å²) in [6.45, 7) is 7.72. The van der Waals surface area contributed by atoms with Gasteiger partial charge in [0.1, 0.15) is 17.8 Å². The molecule has 4 rings (SSSR count). The van der Waals surface area contributed by atoms with Crippen molar-refractivity contribution >= 4 is 0 Å². The summed E-state index contributed by atoms with van der Waals surface area (Å²) >= 11 is 0. The van der Waals surface area contributed by atoms with Crippen LogP contribution >= 0.6 is 0 Å². The molecule has 25 heavy (non-hydrogen) atoms. The normalized spacial score (nSPS) is 56.1. The van der Waals surface area contributed by atoms with Gasteiger partial charge in [0.15, 0.2) is 0 Å². The predicted octanol–water partition coefficient (Wildman–Crippen LogP) is 0.607. The van der Waals surface area contributed by atoms with Gasteiger partial charge in [-0.25, -0.2) is 0 Å². The van der Waals surface area contributed by atoms with Gasteiger partial charge < -0.3 is 25.5 Å². The molecule has 2 bridgehead atoms. The Morgan fingerprint density at radius 3 is 2.40 bits per heavy atom. The van der Waals surface area contributed by atoms with E-state index in [-0.39, 0.29) is 23.2 Å². The summed E-state index contributed by atoms with van der Waals surface area (Å²) in [6.07, 6.45) is 0.801. The van der Waals surface area contributed by atoms with Crippen molar-refractivity contribution in [2.24, 2.45) is 34.5 Å². The van der Waals surface area contributed by atoms with Crippen LogP contribution in [0.1, 0.15) is 34.1 Å². The zero-order chi connectivity index (χ0) is 18.5. The van der Waals surface area contributed by atoms with Gasteiger partial charge in [0, 0.05) is 5.92 Å². The van der Waals surface area contributed by atoms with Crippen molar-refractivity contribution in [1.82, 2.24) is 0 Å². The molecule has 4 aliphatic carbocycles. The van der Waals surface area contributed by atoms with Gasteiger partial charge in [0.25, 0.3) is 0 Å². The highest BCUT2D eigenvalue weighted by molar-refractivity contribution is 5.42. The lowest BCUT2D eigenvalue weighted by molar-refractivity contribution is -0.215. The van der Waals surface area contributed by atoms with E-state index in [0.717, 1.165) is 6.42 Å². The van der Waals surface area contributed by atoms with Gasteiger partial charge in [-0.1, -0.05) is 32.9 Å². The van der Waals surface area contributed by atoms with Crippen molar-refractivity contribution in [2.45, 2.75) is 58.0 Å². The summed E-state index contributed by atoms with van der Waals surface area (Å²) < 4.78 is 0.